The van der Waals surface area contributed by atoms with E-state index in [1.165, 1.54) is 39.1 Å². The van der Waals surface area contributed by atoms with Gasteiger partial charge in [0.15, 0.2) is 5.96 Å². The molecule has 0 amide bonds. The lowest BCUT2D eigenvalue weighted by Gasteiger charge is -2.32. The molecular formula is C14H31N5. The second kappa shape index (κ2) is 9.15. The zero-order chi connectivity index (χ0) is 14.1. The highest BCUT2D eigenvalue weighted by atomic mass is 15.2. The van der Waals surface area contributed by atoms with Gasteiger partial charge in [-0.3, -0.25) is 4.99 Å². The Kier molecular flexibility index (Phi) is 7.82. The molecule has 0 radical (unpaired) electrons. The molecule has 1 aliphatic heterocycles. The van der Waals surface area contributed by atoms with Crippen LogP contribution in [0.5, 0.6) is 0 Å². The number of nitrogens with two attached hydrogens (primary N) is 1. The van der Waals surface area contributed by atoms with E-state index < -0.39 is 0 Å². The van der Waals surface area contributed by atoms with Gasteiger partial charge < -0.3 is 20.9 Å². The molecule has 0 spiro atoms. The Morgan fingerprint density at radius 3 is 2.58 bits per heavy atom. The van der Waals surface area contributed by atoms with Crippen LogP contribution in [0.4, 0.5) is 0 Å². The highest BCUT2D eigenvalue weighted by Gasteiger charge is 2.12. The van der Waals surface area contributed by atoms with Crippen molar-refractivity contribution in [2.24, 2.45) is 10.7 Å². The van der Waals surface area contributed by atoms with Gasteiger partial charge in [0.1, 0.15) is 0 Å². The van der Waals surface area contributed by atoms with Crippen LogP contribution < -0.4 is 11.1 Å². The van der Waals surface area contributed by atoms with Gasteiger partial charge in [0.05, 0.1) is 0 Å². The number of hydrogen-bond donors (Lipinski definition) is 2. The number of hydrogen-bond acceptors (Lipinski definition) is 3. The van der Waals surface area contributed by atoms with E-state index in [4.69, 9.17) is 5.73 Å². The molecule has 1 aliphatic rings. The number of piperazine rings is 1. The number of likely N-dealkylation sites (N-methyl/N-ethyl adjacent to an activating group) is 1. The minimum atomic E-state index is 0.411. The average Bonchev–Trinajstić information content (AvgIpc) is 2.40. The molecule has 0 saturated carbocycles. The van der Waals surface area contributed by atoms with Gasteiger partial charge in [0, 0.05) is 38.8 Å². The fourth-order valence-electron chi connectivity index (χ4n) is 2.12. The van der Waals surface area contributed by atoms with Gasteiger partial charge >= 0.3 is 0 Å². The van der Waals surface area contributed by atoms with Crippen molar-refractivity contribution in [3.05, 3.63) is 0 Å². The van der Waals surface area contributed by atoms with Crippen molar-refractivity contribution in [2.45, 2.75) is 39.2 Å². The molecule has 112 valence electrons. The molecule has 1 heterocycles. The van der Waals surface area contributed by atoms with E-state index in [2.05, 4.69) is 41.0 Å². The first-order chi connectivity index (χ1) is 9.11. The predicted molar refractivity (Wildman–Crippen MR) is 82.5 cm³/mol. The third-order valence-electron chi connectivity index (χ3n) is 3.77. The molecule has 19 heavy (non-hydrogen) atoms. The summed E-state index contributed by atoms with van der Waals surface area (Å²) in [6.45, 7) is 11.1. The first-order valence-electron chi connectivity index (χ1n) is 7.59. The number of nitrogens with one attached hydrogen (secondary N) is 1. The van der Waals surface area contributed by atoms with Crippen molar-refractivity contribution < 1.29 is 0 Å². The fourth-order valence-corrected chi connectivity index (χ4v) is 2.12. The van der Waals surface area contributed by atoms with E-state index in [0.717, 1.165) is 19.4 Å². The minimum absolute atomic E-state index is 0.411. The molecule has 0 aromatic carbocycles. The third-order valence-corrected chi connectivity index (χ3v) is 3.77. The summed E-state index contributed by atoms with van der Waals surface area (Å²) in [7, 11) is 2.19. The lowest BCUT2D eigenvalue weighted by molar-refractivity contribution is 0.152. The highest BCUT2D eigenvalue weighted by molar-refractivity contribution is 5.78. The van der Waals surface area contributed by atoms with Crippen molar-refractivity contribution in [1.29, 1.82) is 0 Å². The van der Waals surface area contributed by atoms with Crippen LogP contribution in [-0.4, -0.2) is 68.1 Å². The summed E-state index contributed by atoms with van der Waals surface area (Å²) in [6.07, 6.45) is 3.40. The number of aliphatic imine (C=N–C) groups is 1. The Morgan fingerprint density at radius 1 is 1.26 bits per heavy atom. The summed E-state index contributed by atoms with van der Waals surface area (Å²) in [5, 5.41) is 3.19. The smallest absolute Gasteiger partial charge is 0.188 e. The zero-order valence-corrected chi connectivity index (χ0v) is 12.9. The van der Waals surface area contributed by atoms with E-state index in [1.54, 1.807) is 0 Å². The lowest BCUT2D eigenvalue weighted by atomic mass is 10.2. The van der Waals surface area contributed by atoms with Crippen LogP contribution in [0.1, 0.15) is 33.1 Å². The van der Waals surface area contributed by atoms with Gasteiger partial charge in [-0.2, -0.15) is 0 Å². The van der Waals surface area contributed by atoms with Gasteiger partial charge in [-0.25, -0.2) is 0 Å². The number of nitrogens with zero attached hydrogens (tertiary/aromatic N) is 3. The Morgan fingerprint density at radius 2 is 1.95 bits per heavy atom. The predicted octanol–water partition coefficient (Wildman–Crippen LogP) is 0.717. The van der Waals surface area contributed by atoms with E-state index in [1.807, 2.05) is 0 Å². The van der Waals surface area contributed by atoms with Crippen LogP contribution in [0.3, 0.4) is 0 Å². The molecule has 1 saturated heterocycles. The SMILES string of the molecule is CCC(C)NC(N)=NCCCCN1CCN(C)CC1. The van der Waals surface area contributed by atoms with Crippen molar-refractivity contribution in [3.63, 3.8) is 0 Å². The van der Waals surface area contributed by atoms with Crippen LogP contribution in [0.25, 0.3) is 0 Å². The summed E-state index contributed by atoms with van der Waals surface area (Å²) in [4.78, 5) is 9.30. The first-order valence-corrected chi connectivity index (χ1v) is 7.59. The Hall–Kier alpha value is -0.810. The molecule has 0 aromatic heterocycles. The molecule has 5 heteroatoms. The summed E-state index contributed by atoms with van der Waals surface area (Å²) in [6, 6.07) is 0.411. The van der Waals surface area contributed by atoms with Crippen LogP contribution in [0.15, 0.2) is 4.99 Å². The van der Waals surface area contributed by atoms with E-state index in [9.17, 15) is 0 Å². The molecule has 5 nitrogen and oxygen atoms in total. The fraction of sp³-hybridized carbons (Fsp3) is 0.929. The molecule has 0 aromatic rings. The molecule has 1 unspecified atom stereocenters. The van der Waals surface area contributed by atoms with Crippen molar-refractivity contribution >= 4 is 5.96 Å². The first kappa shape index (κ1) is 16.2. The molecule has 0 aliphatic carbocycles. The zero-order valence-electron chi connectivity index (χ0n) is 12.9. The van der Waals surface area contributed by atoms with Gasteiger partial charge in [-0.05, 0) is 39.8 Å². The quantitative estimate of drug-likeness (QED) is 0.406. The topological polar surface area (TPSA) is 56.9 Å². The maximum atomic E-state index is 5.81. The van der Waals surface area contributed by atoms with Crippen LogP contribution in [0, 0.1) is 0 Å². The highest BCUT2D eigenvalue weighted by Crippen LogP contribution is 2.01. The van der Waals surface area contributed by atoms with Crippen LogP contribution in [0.2, 0.25) is 0 Å². The number of unbranched alkanes of at least 4 members (excludes halogenated alkanes) is 1. The summed E-state index contributed by atoms with van der Waals surface area (Å²) >= 11 is 0. The average molecular weight is 269 g/mol. The van der Waals surface area contributed by atoms with Gasteiger partial charge in [0.2, 0.25) is 0 Å². The molecule has 3 N–H and O–H groups in total. The van der Waals surface area contributed by atoms with Crippen LogP contribution in [-0.2, 0) is 0 Å². The molecule has 1 fully saturated rings. The minimum Gasteiger partial charge on any atom is -0.370 e. The summed E-state index contributed by atoms with van der Waals surface area (Å²) in [5.74, 6) is 0.592. The number of rotatable bonds is 7. The van der Waals surface area contributed by atoms with Crippen LogP contribution >= 0.6 is 0 Å². The third kappa shape index (κ3) is 7.38. The summed E-state index contributed by atoms with van der Waals surface area (Å²) in [5.41, 5.74) is 5.81. The van der Waals surface area contributed by atoms with E-state index in [-0.39, 0.29) is 0 Å². The van der Waals surface area contributed by atoms with E-state index in [0.29, 0.717) is 12.0 Å². The second-order valence-electron chi connectivity index (χ2n) is 5.57. The van der Waals surface area contributed by atoms with Gasteiger partial charge in [0.25, 0.3) is 0 Å². The largest absolute Gasteiger partial charge is 0.370 e. The van der Waals surface area contributed by atoms with Gasteiger partial charge in [-0.1, -0.05) is 6.92 Å². The van der Waals surface area contributed by atoms with Crippen molar-refractivity contribution in [3.8, 4) is 0 Å². The molecule has 0 bridgehead atoms. The van der Waals surface area contributed by atoms with Crippen molar-refractivity contribution in [1.82, 2.24) is 15.1 Å². The number of guanidine groups is 1. The molecule has 1 atom stereocenters. The molecular weight excluding hydrogens is 238 g/mol. The maximum Gasteiger partial charge on any atom is 0.188 e. The summed E-state index contributed by atoms with van der Waals surface area (Å²) < 4.78 is 0. The second-order valence-corrected chi connectivity index (χ2v) is 5.57. The van der Waals surface area contributed by atoms with E-state index >= 15 is 0 Å². The maximum absolute atomic E-state index is 5.81. The van der Waals surface area contributed by atoms with Gasteiger partial charge in [-0.15, -0.1) is 0 Å². The standard InChI is InChI=1S/C14H31N5/c1-4-13(2)17-14(15)16-7-5-6-8-19-11-9-18(3)10-12-19/h13H,4-12H2,1-3H3,(H3,15,16,17). The lowest BCUT2D eigenvalue weighted by Crippen LogP contribution is -2.44. The molecule has 1 rings (SSSR count). The Bertz CT molecular complexity index is 259. The normalized spacial score (nSPS) is 20.5. The Balaban J connectivity index is 2.02. The monoisotopic (exact) mass is 269 g/mol. The van der Waals surface area contributed by atoms with Crippen molar-refractivity contribution in [2.75, 3.05) is 46.3 Å². The Labute approximate surface area is 118 Å².